The number of halogens is 1. The first-order valence-corrected chi connectivity index (χ1v) is 6.79. The quantitative estimate of drug-likeness (QED) is 0.892. The molecular formula is C16H17ClN2O. The third-order valence-corrected chi connectivity index (χ3v) is 3.18. The van der Waals surface area contributed by atoms with Gasteiger partial charge in [-0.15, -0.1) is 0 Å². The van der Waals surface area contributed by atoms with Gasteiger partial charge in [0.05, 0.1) is 6.54 Å². The molecular weight excluding hydrogens is 272 g/mol. The monoisotopic (exact) mass is 288 g/mol. The molecule has 0 bridgehead atoms. The average molecular weight is 289 g/mol. The SMILES string of the molecule is Cc1ccc(C)c(NCC(=O)Nc2cccc(Cl)c2)c1. The molecule has 0 aromatic heterocycles. The zero-order chi connectivity index (χ0) is 14.5. The van der Waals surface area contributed by atoms with Crippen LogP contribution < -0.4 is 10.6 Å². The fourth-order valence-electron chi connectivity index (χ4n) is 1.87. The van der Waals surface area contributed by atoms with Crippen molar-refractivity contribution < 1.29 is 4.79 Å². The lowest BCUT2D eigenvalue weighted by Gasteiger charge is -2.11. The van der Waals surface area contributed by atoms with Crippen LogP contribution in [-0.4, -0.2) is 12.5 Å². The molecule has 0 saturated heterocycles. The van der Waals surface area contributed by atoms with Gasteiger partial charge in [0.1, 0.15) is 0 Å². The number of hydrogen-bond donors (Lipinski definition) is 2. The number of hydrogen-bond acceptors (Lipinski definition) is 2. The van der Waals surface area contributed by atoms with Crippen molar-refractivity contribution in [1.82, 2.24) is 0 Å². The van der Waals surface area contributed by atoms with Crippen molar-refractivity contribution in [2.75, 3.05) is 17.2 Å². The van der Waals surface area contributed by atoms with Crippen LogP contribution in [0.1, 0.15) is 11.1 Å². The highest BCUT2D eigenvalue weighted by molar-refractivity contribution is 6.30. The van der Waals surface area contributed by atoms with Crippen LogP contribution in [0.4, 0.5) is 11.4 Å². The molecule has 4 heteroatoms. The molecule has 0 radical (unpaired) electrons. The van der Waals surface area contributed by atoms with Crippen molar-refractivity contribution >= 4 is 28.9 Å². The van der Waals surface area contributed by atoms with Crippen LogP contribution in [0, 0.1) is 13.8 Å². The Balaban J connectivity index is 1.94. The summed E-state index contributed by atoms with van der Waals surface area (Å²) >= 11 is 5.87. The summed E-state index contributed by atoms with van der Waals surface area (Å²) in [5.41, 5.74) is 3.95. The average Bonchev–Trinajstić information content (AvgIpc) is 2.40. The molecule has 2 rings (SSSR count). The van der Waals surface area contributed by atoms with E-state index in [9.17, 15) is 4.79 Å². The molecule has 20 heavy (non-hydrogen) atoms. The third-order valence-electron chi connectivity index (χ3n) is 2.94. The Bertz CT molecular complexity index is 626. The van der Waals surface area contributed by atoms with Gasteiger partial charge in [-0.1, -0.05) is 29.8 Å². The third kappa shape index (κ3) is 4.00. The van der Waals surface area contributed by atoms with Gasteiger partial charge in [-0.05, 0) is 49.2 Å². The van der Waals surface area contributed by atoms with Crippen LogP contribution in [0.3, 0.4) is 0 Å². The van der Waals surface area contributed by atoms with E-state index < -0.39 is 0 Å². The van der Waals surface area contributed by atoms with E-state index in [1.807, 2.05) is 38.1 Å². The van der Waals surface area contributed by atoms with Gasteiger partial charge in [-0.3, -0.25) is 4.79 Å². The standard InChI is InChI=1S/C16H17ClN2O/c1-11-6-7-12(2)15(8-11)18-10-16(20)19-14-5-3-4-13(17)9-14/h3-9,18H,10H2,1-2H3,(H,19,20). The lowest BCUT2D eigenvalue weighted by Crippen LogP contribution is -2.22. The molecule has 0 aliphatic heterocycles. The van der Waals surface area contributed by atoms with E-state index in [-0.39, 0.29) is 12.5 Å². The maximum atomic E-state index is 11.9. The van der Waals surface area contributed by atoms with Crippen molar-refractivity contribution in [3.05, 3.63) is 58.6 Å². The summed E-state index contributed by atoms with van der Waals surface area (Å²) in [6.45, 7) is 4.25. The first-order chi connectivity index (χ1) is 9.54. The number of nitrogens with one attached hydrogen (secondary N) is 2. The second-order valence-corrected chi connectivity index (χ2v) is 5.17. The molecule has 0 aliphatic rings. The Morgan fingerprint density at radius 2 is 1.95 bits per heavy atom. The van der Waals surface area contributed by atoms with E-state index in [0.717, 1.165) is 16.8 Å². The highest BCUT2D eigenvalue weighted by Crippen LogP contribution is 2.17. The fourth-order valence-corrected chi connectivity index (χ4v) is 2.06. The molecule has 2 aromatic carbocycles. The van der Waals surface area contributed by atoms with Crippen molar-refractivity contribution in [2.45, 2.75) is 13.8 Å². The van der Waals surface area contributed by atoms with Crippen molar-refractivity contribution in [3.63, 3.8) is 0 Å². The van der Waals surface area contributed by atoms with Crippen molar-refractivity contribution in [3.8, 4) is 0 Å². The van der Waals surface area contributed by atoms with Crippen LogP contribution in [0.2, 0.25) is 5.02 Å². The van der Waals surface area contributed by atoms with Gasteiger partial charge in [0.25, 0.3) is 0 Å². The minimum atomic E-state index is -0.104. The number of rotatable bonds is 4. The van der Waals surface area contributed by atoms with Gasteiger partial charge >= 0.3 is 0 Å². The van der Waals surface area contributed by atoms with E-state index in [2.05, 4.69) is 10.6 Å². The molecule has 104 valence electrons. The Morgan fingerprint density at radius 1 is 1.15 bits per heavy atom. The lowest BCUT2D eigenvalue weighted by molar-refractivity contribution is -0.114. The number of anilines is 2. The fraction of sp³-hybridized carbons (Fsp3) is 0.188. The van der Waals surface area contributed by atoms with Gasteiger partial charge in [-0.2, -0.15) is 0 Å². The zero-order valence-corrected chi connectivity index (χ0v) is 12.3. The molecule has 1 amide bonds. The van der Waals surface area contributed by atoms with Crippen LogP contribution in [-0.2, 0) is 4.79 Å². The molecule has 0 heterocycles. The zero-order valence-electron chi connectivity index (χ0n) is 11.5. The van der Waals surface area contributed by atoms with E-state index in [1.54, 1.807) is 18.2 Å². The Kier molecular flexibility index (Phi) is 4.64. The van der Waals surface area contributed by atoms with Crippen molar-refractivity contribution in [1.29, 1.82) is 0 Å². The second-order valence-electron chi connectivity index (χ2n) is 4.73. The highest BCUT2D eigenvalue weighted by Gasteiger charge is 2.04. The van der Waals surface area contributed by atoms with Crippen LogP contribution >= 0.6 is 11.6 Å². The highest BCUT2D eigenvalue weighted by atomic mass is 35.5. The smallest absolute Gasteiger partial charge is 0.243 e. The van der Waals surface area contributed by atoms with E-state index >= 15 is 0 Å². The van der Waals surface area contributed by atoms with Gasteiger partial charge in [-0.25, -0.2) is 0 Å². The number of benzene rings is 2. The molecule has 0 fully saturated rings. The van der Waals surface area contributed by atoms with Crippen LogP contribution in [0.15, 0.2) is 42.5 Å². The Morgan fingerprint density at radius 3 is 2.70 bits per heavy atom. The summed E-state index contributed by atoms with van der Waals surface area (Å²) in [5.74, 6) is -0.104. The molecule has 3 nitrogen and oxygen atoms in total. The summed E-state index contributed by atoms with van der Waals surface area (Å²) in [6, 6.07) is 13.2. The normalized spacial score (nSPS) is 10.2. The maximum absolute atomic E-state index is 11.9. The molecule has 0 spiro atoms. The molecule has 0 aliphatic carbocycles. The minimum Gasteiger partial charge on any atom is -0.376 e. The van der Waals surface area contributed by atoms with Gasteiger partial charge in [0.2, 0.25) is 5.91 Å². The number of amides is 1. The van der Waals surface area contributed by atoms with Crippen LogP contribution in [0.5, 0.6) is 0 Å². The topological polar surface area (TPSA) is 41.1 Å². The predicted octanol–water partition coefficient (Wildman–Crippen LogP) is 4.01. The van der Waals surface area contributed by atoms with E-state index in [0.29, 0.717) is 10.7 Å². The molecule has 2 aromatic rings. The summed E-state index contributed by atoms with van der Waals surface area (Å²) < 4.78 is 0. The first kappa shape index (κ1) is 14.4. The van der Waals surface area contributed by atoms with Gasteiger partial charge < -0.3 is 10.6 Å². The van der Waals surface area contributed by atoms with Gasteiger partial charge in [0.15, 0.2) is 0 Å². The summed E-state index contributed by atoms with van der Waals surface area (Å²) in [4.78, 5) is 11.9. The van der Waals surface area contributed by atoms with E-state index in [1.165, 1.54) is 0 Å². The first-order valence-electron chi connectivity index (χ1n) is 6.41. The predicted molar refractivity (Wildman–Crippen MR) is 84.5 cm³/mol. The minimum absolute atomic E-state index is 0.104. The molecule has 0 unspecified atom stereocenters. The largest absolute Gasteiger partial charge is 0.376 e. The molecule has 0 atom stereocenters. The molecule has 0 saturated carbocycles. The van der Waals surface area contributed by atoms with E-state index in [4.69, 9.17) is 11.6 Å². The molecule has 2 N–H and O–H groups in total. The van der Waals surface area contributed by atoms with Gasteiger partial charge in [0, 0.05) is 16.4 Å². The van der Waals surface area contributed by atoms with Crippen LogP contribution in [0.25, 0.3) is 0 Å². The summed E-state index contributed by atoms with van der Waals surface area (Å²) in [6.07, 6.45) is 0. The summed E-state index contributed by atoms with van der Waals surface area (Å²) in [5, 5.41) is 6.55. The number of carbonyl (C=O) groups is 1. The Labute approximate surface area is 124 Å². The number of aryl methyl sites for hydroxylation is 2. The maximum Gasteiger partial charge on any atom is 0.243 e. The van der Waals surface area contributed by atoms with Crippen molar-refractivity contribution in [2.24, 2.45) is 0 Å². The number of carbonyl (C=O) groups excluding carboxylic acids is 1. The lowest BCUT2D eigenvalue weighted by atomic mass is 10.1. The Hall–Kier alpha value is -2.00. The second kappa shape index (κ2) is 6.44. The summed E-state index contributed by atoms with van der Waals surface area (Å²) in [7, 11) is 0.